The number of aromatic amines is 1. The number of nitriles is 1. The van der Waals surface area contributed by atoms with Crippen molar-refractivity contribution in [3.05, 3.63) is 81.8 Å². The van der Waals surface area contributed by atoms with Gasteiger partial charge in [-0.25, -0.2) is 17.2 Å². The van der Waals surface area contributed by atoms with Gasteiger partial charge in [-0.1, -0.05) is 6.07 Å². The molecule has 0 amide bonds. The molecule has 0 aliphatic carbocycles. The van der Waals surface area contributed by atoms with Gasteiger partial charge in [0.2, 0.25) is 0 Å². The highest BCUT2D eigenvalue weighted by molar-refractivity contribution is 7.90. The average molecular weight is 451 g/mol. The van der Waals surface area contributed by atoms with Crippen LogP contribution in [0.25, 0.3) is 33.3 Å². The monoisotopic (exact) mass is 451 g/mol. The summed E-state index contributed by atoms with van der Waals surface area (Å²) in [6, 6.07) is 10.9. The number of aryl methyl sites for hydroxylation is 1. The molecule has 0 radical (unpaired) electrons. The first-order valence-corrected chi connectivity index (χ1v) is 11.2. The number of fused-ring (bicyclic) bond motifs is 1. The molecule has 9 heteroatoms. The van der Waals surface area contributed by atoms with Gasteiger partial charge in [0.25, 0.3) is 0 Å². The zero-order valence-corrected chi connectivity index (χ0v) is 17.7. The van der Waals surface area contributed by atoms with Crippen LogP contribution in [0.4, 0.5) is 8.78 Å². The summed E-state index contributed by atoms with van der Waals surface area (Å²) < 4.78 is 54.6. The number of aromatic nitrogens is 2. The minimum atomic E-state index is -3.72. The highest BCUT2D eigenvalue weighted by Gasteiger charge is 2.21. The van der Waals surface area contributed by atoms with E-state index in [9.17, 15) is 22.9 Å². The van der Waals surface area contributed by atoms with Gasteiger partial charge in [-0.15, -0.1) is 0 Å². The summed E-state index contributed by atoms with van der Waals surface area (Å²) in [7, 11) is -3.72. The summed E-state index contributed by atoms with van der Waals surface area (Å²) in [5.41, 5.74) is -0.222. The number of H-pyrrole nitrogens is 1. The van der Waals surface area contributed by atoms with Crippen LogP contribution in [-0.2, 0) is 9.84 Å². The Morgan fingerprint density at radius 3 is 2.47 bits per heavy atom. The SMILES string of the molecule is Cc1ccc(-c2c(F)cc3[nH]c(-c4cc(C#N)ccc4S(C)(=O)=O)cc(=O)c3c2F)cn1. The molecule has 0 fully saturated rings. The molecule has 1 N–H and O–H groups in total. The largest absolute Gasteiger partial charge is 0.354 e. The van der Waals surface area contributed by atoms with E-state index in [2.05, 4.69) is 9.97 Å². The second-order valence-corrected chi connectivity index (χ2v) is 9.28. The van der Waals surface area contributed by atoms with E-state index in [4.69, 9.17) is 0 Å². The minimum absolute atomic E-state index is 0.0172. The van der Waals surface area contributed by atoms with Crippen LogP contribution in [0.5, 0.6) is 0 Å². The number of rotatable bonds is 3. The number of pyridine rings is 2. The smallest absolute Gasteiger partial charge is 0.193 e. The fourth-order valence-electron chi connectivity index (χ4n) is 3.50. The van der Waals surface area contributed by atoms with Crippen LogP contribution in [0.3, 0.4) is 0 Å². The molecule has 6 nitrogen and oxygen atoms in total. The van der Waals surface area contributed by atoms with E-state index in [0.29, 0.717) is 5.69 Å². The molecule has 0 saturated heterocycles. The number of hydrogen-bond donors (Lipinski definition) is 1. The Hall–Kier alpha value is -3.90. The van der Waals surface area contributed by atoms with Crippen LogP contribution in [-0.4, -0.2) is 24.6 Å². The highest BCUT2D eigenvalue weighted by Crippen LogP contribution is 2.32. The van der Waals surface area contributed by atoms with Gasteiger partial charge in [0.15, 0.2) is 15.3 Å². The standard InChI is InChI=1S/C23H15F2N3O3S/c1-12-3-5-14(11-27-12)21-16(24)8-18-22(23(21)25)19(29)9-17(28-18)15-7-13(10-26)4-6-20(15)32(2,30)31/h3-9,11H,1-2H3,(H,28,29). The lowest BCUT2D eigenvalue weighted by molar-refractivity contribution is 0.597. The van der Waals surface area contributed by atoms with E-state index in [0.717, 1.165) is 18.4 Å². The van der Waals surface area contributed by atoms with E-state index in [1.807, 2.05) is 6.07 Å². The molecule has 0 spiro atoms. The maximum Gasteiger partial charge on any atom is 0.193 e. The molecule has 0 saturated carbocycles. The van der Waals surface area contributed by atoms with Crippen molar-refractivity contribution in [1.29, 1.82) is 5.26 Å². The van der Waals surface area contributed by atoms with Gasteiger partial charge in [0.1, 0.15) is 11.6 Å². The van der Waals surface area contributed by atoms with Gasteiger partial charge in [-0.3, -0.25) is 9.78 Å². The second-order valence-electron chi connectivity index (χ2n) is 7.30. The Bertz CT molecular complexity index is 1600. The van der Waals surface area contributed by atoms with Crippen molar-refractivity contribution >= 4 is 20.7 Å². The minimum Gasteiger partial charge on any atom is -0.354 e. The summed E-state index contributed by atoms with van der Waals surface area (Å²) in [5.74, 6) is -1.96. The molecule has 0 aliphatic heterocycles. The van der Waals surface area contributed by atoms with E-state index in [1.165, 1.54) is 30.5 Å². The Morgan fingerprint density at radius 1 is 1.09 bits per heavy atom. The number of halogens is 2. The summed E-state index contributed by atoms with van der Waals surface area (Å²) >= 11 is 0. The lowest BCUT2D eigenvalue weighted by Crippen LogP contribution is -2.09. The van der Waals surface area contributed by atoms with Gasteiger partial charge >= 0.3 is 0 Å². The molecule has 2 aromatic heterocycles. The predicted molar refractivity (Wildman–Crippen MR) is 116 cm³/mol. The number of sulfone groups is 1. The maximum atomic E-state index is 15.3. The summed E-state index contributed by atoms with van der Waals surface area (Å²) in [4.78, 5) is 19.5. The Labute approximate surface area is 181 Å². The topological polar surface area (TPSA) is 104 Å². The first kappa shape index (κ1) is 21.3. The average Bonchev–Trinajstić information content (AvgIpc) is 2.73. The maximum absolute atomic E-state index is 15.3. The first-order valence-electron chi connectivity index (χ1n) is 9.33. The molecule has 0 bridgehead atoms. The number of nitrogens with one attached hydrogen (secondary N) is 1. The fourth-order valence-corrected chi connectivity index (χ4v) is 4.39. The third-order valence-electron chi connectivity index (χ3n) is 5.01. The molecule has 2 aromatic carbocycles. The van der Waals surface area contributed by atoms with Crippen molar-refractivity contribution in [2.45, 2.75) is 11.8 Å². The van der Waals surface area contributed by atoms with E-state index >= 15 is 4.39 Å². The zero-order valence-electron chi connectivity index (χ0n) is 16.9. The molecule has 0 aliphatic rings. The fraction of sp³-hybridized carbons (Fsp3) is 0.0870. The van der Waals surface area contributed by atoms with E-state index in [1.54, 1.807) is 13.0 Å². The molecule has 32 heavy (non-hydrogen) atoms. The molecule has 0 unspecified atom stereocenters. The lowest BCUT2D eigenvalue weighted by Gasteiger charge is -2.12. The Kier molecular flexibility index (Phi) is 5.11. The molecular formula is C23H15F2N3O3S. The molecule has 0 atom stereocenters. The van der Waals surface area contributed by atoms with Gasteiger partial charge in [-0.05, 0) is 37.3 Å². The highest BCUT2D eigenvalue weighted by atomic mass is 32.2. The lowest BCUT2D eigenvalue weighted by atomic mass is 10.0. The van der Waals surface area contributed by atoms with Gasteiger partial charge < -0.3 is 4.98 Å². The van der Waals surface area contributed by atoms with Gasteiger partial charge in [0, 0.05) is 35.3 Å². The van der Waals surface area contributed by atoms with Crippen LogP contribution in [0.15, 0.2) is 58.4 Å². The van der Waals surface area contributed by atoms with Gasteiger partial charge in [-0.2, -0.15) is 5.26 Å². The van der Waals surface area contributed by atoms with E-state index < -0.39 is 26.9 Å². The summed E-state index contributed by atoms with van der Waals surface area (Å²) in [6.07, 6.45) is 2.30. The van der Waals surface area contributed by atoms with Crippen LogP contribution in [0.1, 0.15) is 11.3 Å². The number of nitrogens with zero attached hydrogens (tertiary/aromatic N) is 2. The summed E-state index contributed by atoms with van der Waals surface area (Å²) in [5, 5.41) is 8.81. The number of benzene rings is 2. The molecular weight excluding hydrogens is 436 g/mol. The predicted octanol–water partition coefficient (Wildman–Crippen LogP) is 4.12. The van der Waals surface area contributed by atoms with Gasteiger partial charge in [0.05, 0.1) is 38.7 Å². The van der Waals surface area contributed by atoms with Crippen molar-refractivity contribution in [2.24, 2.45) is 0 Å². The second kappa shape index (κ2) is 7.66. The molecule has 4 aromatic rings. The normalized spacial score (nSPS) is 11.5. The van der Waals surface area contributed by atoms with Crippen LogP contribution < -0.4 is 5.43 Å². The molecule has 160 valence electrons. The summed E-state index contributed by atoms with van der Waals surface area (Å²) in [6.45, 7) is 1.73. The third kappa shape index (κ3) is 3.65. The van der Waals surface area contributed by atoms with E-state index in [-0.39, 0.29) is 43.7 Å². The Balaban J connectivity index is 2.02. The van der Waals surface area contributed by atoms with Crippen LogP contribution in [0, 0.1) is 29.9 Å². The Morgan fingerprint density at radius 2 is 1.84 bits per heavy atom. The zero-order chi connectivity index (χ0) is 23.2. The van der Waals surface area contributed by atoms with Crippen molar-refractivity contribution in [1.82, 2.24) is 9.97 Å². The van der Waals surface area contributed by atoms with Crippen molar-refractivity contribution in [3.8, 4) is 28.5 Å². The van der Waals surface area contributed by atoms with Crippen molar-refractivity contribution in [2.75, 3.05) is 6.26 Å². The molecule has 4 rings (SSSR count). The van der Waals surface area contributed by atoms with Crippen molar-refractivity contribution in [3.63, 3.8) is 0 Å². The third-order valence-corrected chi connectivity index (χ3v) is 6.16. The van der Waals surface area contributed by atoms with Crippen LogP contribution >= 0.6 is 0 Å². The van der Waals surface area contributed by atoms with Crippen LogP contribution in [0.2, 0.25) is 0 Å². The number of hydrogen-bond acceptors (Lipinski definition) is 5. The first-order chi connectivity index (χ1) is 15.1. The van der Waals surface area contributed by atoms with Crippen molar-refractivity contribution < 1.29 is 17.2 Å². The quantitative estimate of drug-likeness (QED) is 0.505. The molecule has 2 heterocycles.